The standard InChI is InChI=1S/C20H14N4O2S/c25-20(26)15-8-6-13(7-9-15)11-23-24-18-16-10-17(14-4-2-1-3-5-14)27-19(16)22-12-21-18/h1-12H,(H,25,26)(H,21,22,24)/p-1/b23-11-. The summed E-state index contributed by atoms with van der Waals surface area (Å²) in [7, 11) is 0. The molecule has 0 aliphatic heterocycles. The van der Waals surface area contributed by atoms with Gasteiger partial charge in [-0.3, -0.25) is 5.43 Å². The Hall–Kier alpha value is -3.58. The number of rotatable bonds is 5. The first-order chi connectivity index (χ1) is 13.2. The van der Waals surface area contributed by atoms with Crippen LogP contribution in [0, 0.1) is 0 Å². The van der Waals surface area contributed by atoms with Gasteiger partial charge in [-0.25, -0.2) is 9.97 Å². The van der Waals surface area contributed by atoms with Crippen molar-refractivity contribution in [3.05, 3.63) is 78.1 Å². The number of benzene rings is 2. The molecule has 0 aliphatic rings. The maximum atomic E-state index is 10.8. The first-order valence-corrected chi connectivity index (χ1v) is 8.93. The van der Waals surface area contributed by atoms with E-state index >= 15 is 0 Å². The Morgan fingerprint density at radius 3 is 2.59 bits per heavy atom. The zero-order valence-electron chi connectivity index (χ0n) is 14.0. The fourth-order valence-corrected chi connectivity index (χ4v) is 3.57. The number of hydrazone groups is 1. The number of carboxylic acid groups (broad SMARTS) is 1. The average Bonchev–Trinajstić information content (AvgIpc) is 3.14. The second kappa shape index (κ2) is 7.35. The molecule has 2 aromatic heterocycles. The van der Waals surface area contributed by atoms with E-state index in [1.165, 1.54) is 18.5 Å². The average molecular weight is 373 g/mol. The van der Waals surface area contributed by atoms with Crippen molar-refractivity contribution in [2.45, 2.75) is 0 Å². The fraction of sp³-hybridized carbons (Fsp3) is 0. The molecular formula is C20H13N4O2S-. The second-order valence-electron chi connectivity index (χ2n) is 5.70. The third kappa shape index (κ3) is 3.68. The highest BCUT2D eigenvalue weighted by molar-refractivity contribution is 7.21. The van der Waals surface area contributed by atoms with Crippen LogP contribution in [0.4, 0.5) is 5.82 Å². The van der Waals surface area contributed by atoms with E-state index < -0.39 is 5.97 Å². The van der Waals surface area contributed by atoms with E-state index in [0.29, 0.717) is 5.82 Å². The van der Waals surface area contributed by atoms with Gasteiger partial charge in [0.05, 0.1) is 17.6 Å². The van der Waals surface area contributed by atoms with Crippen molar-refractivity contribution in [2.24, 2.45) is 5.10 Å². The number of hydrogen-bond donors (Lipinski definition) is 1. The highest BCUT2D eigenvalue weighted by Crippen LogP contribution is 2.34. The first kappa shape index (κ1) is 16.9. The zero-order valence-corrected chi connectivity index (χ0v) is 14.8. The van der Waals surface area contributed by atoms with Crippen LogP contribution < -0.4 is 10.5 Å². The molecule has 0 saturated heterocycles. The van der Waals surface area contributed by atoms with Crippen LogP contribution in [0.5, 0.6) is 0 Å². The Morgan fingerprint density at radius 2 is 1.85 bits per heavy atom. The SMILES string of the molecule is O=C([O-])c1ccc(/C=N\Nc2ncnc3sc(-c4ccccc4)cc23)cc1. The zero-order chi connectivity index (χ0) is 18.6. The van der Waals surface area contributed by atoms with E-state index in [0.717, 1.165) is 26.2 Å². The highest BCUT2D eigenvalue weighted by atomic mass is 32.1. The predicted molar refractivity (Wildman–Crippen MR) is 105 cm³/mol. The lowest BCUT2D eigenvalue weighted by atomic mass is 10.1. The third-order valence-electron chi connectivity index (χ3n) is 3.92. The van der Waals surface area contributed by atoms with Crippen LogP contribution in [0.3, 0.4) is 0 Å². The van der Waals surface area contributed by atoms with Gasteiger partial charge in [0.25, 0.3) is 0 Å². The summed E-state index contributed by atoms with van der Waals surface area (Å²) >= 11 is 1.59. The summed E-state index contributed by atoms with van der Waals surface area (Å²) in [6.45, 7) is 0. The number of aromatic nitrogens is 2. The molecule has 0 amide bonds. The minimum absolute atomic E-state index is 0.129. The van der Waals surface area contributed by atoms with E-state index in [4.69, 9.17) is 0 Å². The summed E-state index contributed by atoms with van der Waals surface area (Å²) in [6, 6.07) is 18.4. The highest BCUT2D eigenvalue weighted by Gasteiger charge is 2.09. The largest absolute Gasteiger partial charge is 0.545 e. The number of carbonyl (C=O) groups is 1. The van der Waals surface area contributed by atoms with Gasteiger partial charge in [0, 0.05) is 4.88 Å². The molecule has 4 rings (SSSR count). The molecule has 4 aromatic rings. The number of anilines is 1. The summed E-state index contributed by atoms with van der Waals surface area (Å²) in [5.41, 5.74) is 4.95. The van der Waals surface area contributed by atoms with Gasteiger partial charge in [-0.2, -0.15) is 5.10 Å². The molecule has 132 valence electrons. The minimum Gasteiger partial charge on any atom is -0.545 e. The molecule has 0 bridgehead atoms. The van der Waals surface area contributed by atoms with Crippen LogP contribution in [0.1, 0.15) is 15.9 Å². The minimum atomic E-state index is -1.20. The quantitative estimate of drug-likeness (QED) is 0.429. The molecule has 6 nitrogen and oxygen atoms in total. The Labute approximate surface area is 158 Å². The molecule has 0 unspecified atom stereocenters. The van der Waals surface area contributed by atoms with Gasteiger partial charge < -0.3 is 9.90 Å². The van der Waals surface area contributed by atoms with Crippen LogP contribution in [0.2, 0.25) is 0 Å². The Kier molecular flexibility index (Phi) is 4.59. The van der Waals surface area contributed by atoms with Crippen molar-refractivity contribution in [1.82, 2.24) is 9.97 Å². The van der Waals surface area contributed by atoms with Crippen LogP contribution >= 0.6 is 11.3 Å². The van der Waals surface area contributed by atoms with Crippen molar-refractivity contribution in [3.8, 4) is 10.4 Å². The van der Waals surface area contributed by atoms with Gasteiger partial charge in [-0.05, 0) is 22.8 Å². The molecule has 0 radical (unpaired) electrons. The lowest BCUT2D eigenvalue weighted by molar-refractivity contribution is -0.255. The van der Waals surface area contributed by atoms with E-state index in [1.807, 2.05) is 24.3 Å². The molecule has 2 aromatic carbocycles. The number of nitrogens with zero attached hydrogens (tertiary/aromatic N) is 3. The molecule has 7 heteroatoms. The number of aromatic carboxylic acids is 1. The number of carboxylic acids is 1. The predicted octanol–water partition coefficient (Wildman–Crippen LogP) is 3.17. The molecule has 0 spiro atoms. The molecule has 0 fully saturated rings. The van der Waals surface area contributed by atoms with Crippen molar-refractivity contribution in [3.63, 3.8) is 0 Å². The number of hydrogen-bond acceptors (Lipinski definition) is 7. The summed E-state index contributed by atoms with van der Waals surface area (Å²) in [5, 5.41) is 15.9. The maximum Gasteiger partial charge on any atom is 0.158 e. The third-order valence-corrected chi connectivity index (χ3v) is 5.01. The second-order valence-corrected chi connectivity index (χ2v) is 6.73. The normalized spacial score (nSPS) is 11.1. The van der Waals surface area contributed by atoms with Crippen LogP contribution in [0.15, 0.2) is 72.1 Å². The van der Waals surface area contributed by atoms with Gasteiger partial charge in [0.2, 0.25) is 0 Å². The van der Waals surface area contributed by atoms with Gasteiger partial charge in [0.1, 0.15) is 11.2 Å². The number of nitrogens with one attached hydrogen (secondary N) is 1. The van der Waals surface area contributed by atoms with Crippen molar-refractivity contribution in [1.29, 1.82) is 0 Å². The monoisotopic (exact) mass is 373 g/mol. The van der Waals surface area contributed by atoms with E-state index in [9.17, 15) is 9.90 Å². The van der Waals surface area contributed by atoms with E-state index in [2.05, 4.69) is 32.6 Å². The van der Waals surface area contributed by atoms with E-state index in [-0.39, 0.29) is 5.56 Å². The Bertz CT molecular complexity index is 1120. The van der Waals surface area contributed by atoms with Gasteiger partial charge >= 0.3 is 0 Å². The number of thiophene rings is 1. The molecule has 0 saturated carbocycles. The summed E-state index contributed by atoms with van der Waals surface area (Å²) < 4.78 is 0. The summed E-state index contributed by atoms with van der Waals surface area (Å²) in [4.78, 5) is 21.4. The lowest BCUT2D eigenvalue weighted by Gasteiger charge is -2.02. The van der Waals surface area contributed by atoms with Crippen LogP contribution in [-0.2, 0) is 0 Å². The van der Waals surface area contributed by atoms with Crippen molar-refractivity contribution in [2.75, 3.05) is 5.43 Å². The Morgan fingerprint density at radius 1 is 1.07 bits per heavy atom. The van der Waals surface area contributed by atoms with Crippen molar-refractivity contribution >= 4 is 39.6 Å². The summed E-state index contributed by atoms with van der Waals surface area (Å²) in [6.07, 6.45) is 3.09. The number of fused-ring (bicyclic) bond motifs is 1. The summed E-state index contributed by atoms with van der Waals surface area (Å²) in [5.74, 6) is -0.590. The van der Waals surface area contributed by atoms with Gasteiger partial charge in [0.15, 0.2) is 5.82 Å². The van der Waals surface area contributed by atoms with Crippen LogP contribution in [-0.4, -0.2) is 22.2 Å². The van der Waals surface area contributed by atoms with Gasteiger partial charge in [-0.1, -0.05) is 54.6 Å². The van der Waals surface area contributed by atoms with E-state index in [1.54, 1.807) is 29.7 Å². The smallest absolute Gasteiger partial charge is 0.158 e. The maximum absolute atomic E-state index is 10.8. The molecule has 27 heavy (non-hydrogen) atoms. The molecular weight excluding hydrogens is 360 g/mol. The molecule has 2 heterocycles. The first-order valence-electron chi connectivity index (χ1n) is 8.11. The fourth-order valence-electron chi connectivity index (χ4n) is 2.56. The van der Waals surface area contributed by atoms with Crippen LogP contribution in [0.25, 0.3) is 20.7 Å². The lowest BCUT2D eigenvalue weighted by Crippen LogP contribution is -2.21. The molecule has 0 atom stereocenters. The van der Waals surface area contributed by atoms with Gasteiger partial charge in [-0.15, -0.1) is 11.3 Å². The van der Waals surface area contributed by atoms with Crippen molar-refractivity contribution < 1.29 is 9.90 Å². The topological polar surface area (TPSA) is 90.3 Å². The molecule has 1 N–H and O–H groups in total. The Balaban J connectivity index is 1.57. The molecule has 0 aliphatic carbocycles. The number of carbonyl (C=O) groups excluding carboxylic acids is 1.